The van der Waals surface area contributed by atoms with Gasteiger partial charge in [-0.2, -0.15) is 0 Å². The number of hydrogen-bond donors (Lipinski definition) is 1. The topological polar surface area (TPSA) is 20.2 Å². The second-order valence-electron chi connectivity index (χ2n) is 3.95. The first-order valence-electron chi connectivity index (χ1n) is 5.24. The van der Waals surface area contributed by atoms with Gasteiger partial charge in [0.2, 0.25) is 0 Å². The van der Waals surface area contributed by atoms with Gasteiger partial charge in [-0.05, 0) is 46.6 Å². The van der Waals surface area contributed by atoms with Crippen molar-refractivity contribution in [2.75, 3.05) is 0 Å². The van der Waals surface area contributed by atoms with Crippen LogP contribution in [0.4, 0.5) is 0 Å². The molecule has 0 aliphatic carbocycles. The van der Waals surface area contributed by atoms with Crippen molar-refractivity contribution in [3.05, 3.63) is 54.6 Å². The Morgan fingerprint density at radius 2 is 2.00 bits per heavy atom. The Morgan fingerprint density at radius 3 is 2.65 bits per heavy atom. The average Bonchev–Trinajstić information content (AvgIpc) is 2.67. The molecule has 1 nitrogen and oxygen atoms in total. The molecule has 1 aromatic heterocycles. The molecular weight excluding hydrogens is 364 g/mol. The van der Waals surface area contributed by atoms with Crippen LogP contribution < -0.4 is 0 Å². The van der Waals surface area contributed by atoms with E-state index >= 15 is 0 Å². The van der Waals surface area contributed by atoms with Crippen LogP contribution in [0.2, 0.25) is 0 Å². The number of aryl methyl sites for hydroxylation is 1. The zero-order chi connectivity index (χ0) is 12.4. The van der Waals surface area contributed by atoms with Crippen LogP contribution in [-0.4, -0.2) is 5.11 Å². The molecule has 0 bridgehead atoms. The standard InChI is InChI=1S/C13H12Br2OS/c1-8-2-4-11(14)10(6-8)12(16)7-9-3-5-13(15)17-9/h2-6,12,16H,7H2,1H3. The highest BCUT2D eigenvalue weighted by molar-refractivity contribution is 9.11. The third-order valence-electron chi connectivity index (χ3n) is 2.53. The lowest BCUT2D eigenvalue weighted by atomic mass is 10.0. The Bertz CT molecular complexity index is 522. The monoisotopic (exact) mass is 374 g/mol. The van der Waals surface area contributed by atoms with Crippen LogP contribution in [0.3, 0.4) is 0 Å². The number of hydrogen-bond acceptors (Lipinski definition) is 2. The first-order valence-corrected chi connectivity index (χ1v) is 7.65. The van der Waals surface area contributed by atoms with Crippen molar-refractivity contribution in [1.29, 1.82) is 0 Å². The molecule has 1 unspecified atom stereocenters. The highest BCUT2D eigenvalue weighted by Gasteiger charge is 2.13. The highest BCUT2D eigenvalue weighted by atomic mass is 79.9. The molecule has 2 aromatic rings. The lowest BCUT2D eigenvalue weighted by Crippen LogP contribution is -2.01. The fourth-order valence-corrected chi connectivity index (χ4v) is 3.71. The molecule has 1 heterocycles. The maximum absolute atomic E-state index is 10.2. The molecular formula is C13H12Br2OS. The van der Waals surface area contributed by atoms with E-state index in [4.69, 9.17) is 0 Å². The molecule has 90 valence electrons. The van der Waals surface area contributed by atoms with Gasteiger partial charge in [0.1, 0.15) is 0 Å². The minimum atomic E-state index is -0.463. The Hall–Kier alpha value is -0.160. The van der Waals surface area contributed by atoms with E-state index < -0.39 is 6.10 Å². The van der Waals surface area contributed by atoms with Crippen LogP contribution in [0.1, 0.15) is 22.1 Å². The molecule has 0 aliphatic heterocycles. The normalized spacial score (nSPS) is 12.7. The summed E-state index contributed by atoms with van der Waals surface area (Å²) in [6.07, 6.45) is 0.188. The fraction of sp³-hybridized carbons (Fsp3) is 0.231. The third kappa shape index (κ3) is 3.41. The van der Waals surface area contributed by atoms with Crippen LogP contribution in [0, 0.1) is 6.92 Å². The summed E-state index contributed by atoms with van der Waals surface area (Å²) < 4.78 is 2.06. The predicted octanol–water partition coefficient (Wildman–Crippen LogP) is 4.86. The van der Waals surface area contributed by atoms with Crippen LogP contribution in [0.15, 0.2) is 38.6 Å². The summed E-state index contributed by atoms with van der Waals surface area (Å²) in [5, 5.41) is 10.2. The number of rotatable bonds is 3. The lowest BCUT2D eigenvalue weighted by Gasteiger charge is -2.12. The second-order valence-corrected chi connectivity index (χ2v) is 7.35. The first-order chi connectivity index (χ1) is 8.06. The molecule has 0 saturated carbocycles. The molecule has 0 radical (unpaired) electrons. The third-order valence-corrected chi connectivity index (χ3v) is 4.90. The molecule has 1 aromatic carbocycles. The predicted molar refractivity (Wildman–Crippen MR) is 79.6 cm³/mol. The zero-order valence-corrected chi connectivity index (χ0v) is 13.3. The summed E-state index contributed by atoms with van der Waals surface area (Å²) in [4.78, 5) is 1.18. The van der Waals surface area contributed by atoms with Crippen LogP contribution >= 0.6 is 43.2 Å². The zero-order valence-electron chi connectivity index (χ0n) is 9.28. The molecule has 1 N–H and O–H groups in total. The summed E-state index contributed by atoms with van der Waals surface area (Å²) in [6.45, 7) is 2.03. The first kappa shape index (κ1) is 13.3. The van der Waals surface area contributed by atoms with E-state index in [0.717, 1.165) is 19.4 Å². The van der Waals surface area contributed by atoms with E-state index in [2.05, 4.69) is 31.9 Å². The second kappa shape index (κ2) is 5.65. The van der Waals surface area contributed by atoms with E-state index in [-0.39, 0.29) is 0 Å². The van der Waals surface area contributed by atoms with Crippen LogP contribution in [0.5, 0.6) is 0 Å². The molecule has 0 saturated heterocycles. The smallest absolute Gasteiger partial charge is 0.0849 e. The summed E-state index contributed by atoms with van der Waals surface area (Å²) in [5.74, 6) is 0. The lowest BCUT2D eigenvalue weighted by molar-refractivity contribution is 0.178. The number of halogens is 2. The van der Waals surface area contributed by atoms with Crippen molar-refractivity contribution in [2.24, 2.45) is 0 Å². The van der Waals surface area contributed by atoms with Crippen molar-refractivity contribution in [2.45, 2.75) is 19.4 Å². The molecule has 17 heavy (non-hydrogen) atoms. The highest BCUT2D eigenvalue weighted by Crippen LogP contribution is 2.30. The maximum Gasteiger partial charge on any atom is 0.0849 e. The summed E-state index contributed by atoms with van der Waals surface area (Å²) in [6, 6.07) is 10.1. The van der Waals surface area contributed by atoms with Crippen molar-refractivity contribution in [1.82, 2.24) is 0 Å². The summed E-state index contributed by atoms with van der Waals surface area (Å²) >= 11 is 8.58. The van der Waals surface area contributed by atoms with Gasteiger partial charge in [0, 0.05) is 15.8 Å². The van der Waals surface area contributed by atoms with Crippen LogP contribution in [-0.2, 0) is 6.42 Å². The van der Waals surface area contributed by atoms with Crippen molar-refractivity contribution < 1.29 is 5.11 Å². The van der Waals surface area contributed by atoms with Gasteiger partial charge in [0.15, 0.2) is 0 Å². The minimum absolute atomic E-state index is 0.463. The largest absolute Gasteiger partial charge is 0.388 e. The Labute approximate surface area is 122 Å². The molecule has 0 spiro atoms. The van der Waals surface area contributed by atoms with Crippen molar-refractivity contribution >= 4 is 43.2 Å². The van der Waals surface area contributed by atoms with Gasteiger partial charge in [-0.15, -0.1) is 11.3 Å². The van der Waals surface area contributed by atoms with Gasteiger partial charge < -0.3 is 5.11 Å². The van der Waals surface area contributed by atoms with E-state index in [1.807, 2.05) is 37.3 Å². The molecule has 4 heteroatoms. The Morgan fingerprint density at radius 1 is 1.24 bits per heavy atom. The molecule has 2 rings (SSSR count). The Balaban J connectivity index is 2.19. The molecule has 0 amide bonds. The summed E-state index contributed by atoms with van der Waals surface area (Å²) in [5.41, 5.74) is 2.11. The van der Waals surface area contributed by atoms with E-state index in [1.165, 1.54) is 4.88 Å². The van der Waals surface area contributed by atoms with E-state index in [9.17, 15) is 5.11 Å². The SMILES string of the molecule is Cc1ccc(Br)c(C(O)Cc2ccc(Br)s2)c1. The average molecular weight is 376 g/mol. The van der Waals surface area contributed by atoms with Gasteiger partial charge in [-0.3, -0.25) is 0 Å². The van der Waals surface area contributed by atoms with Gasteiger partial charge in [0.25, 0.3) is 0 Å². The maximum atomic E-state index is 10.2. The number of aliphatic hydroxyl groups is 1. The molecule has 0 aliphatic rings. The van der Waals surface area contributed by atoms with Gasteiger partial charge >= 0.3 is 0 Å². The van der Waals surface area contributed by atoms with Gasteiger partial charge in [-0.25, -0.2) is 0 Å². The van der Waals surface area contributed by atoms with E-state index in [1.54, 1.807) is 11.3 Å². The quantitative estimate of drug-likeness (QED) is 0.812. The summed E-state index contributed by atoms with van der Waals surface area (Å²) in [7, 11) is 0. The number of thiophene rings is 1. The number of aliphatic hydroxyl groups excluding tert-OH is 1. The van der Waals surface area contributed by atoms with Gasteiger partial charge in [-0.1, -0.05) is 33.6 Å². The van der Waals surface area contributed by atoms with Gasteiger partial charge in [0.05, 0.1) is 9.89 Å². The molecule has 0 fully saturated rings. The Kier molecular flexibility index (Phi) is 4.42. The van der Waals surface area contributed by atoms with Crippen LogP contribution in [0.25, 0.3) is 0 Å². The molecule has 1 atom stereocenters. The minimum Gasteiger partial charge on any atom is -0.388 e. The fourth-order valence-electron chi connectivity index (χ4n) is 1.68. The van der Waals surface area contributed by atoms with Crippen molar-refractivity contribution in [3.8, 4) is 0 Å². The van der Waals surface area contributed by atoms with Crippen molar-refractivity contribution in [3.63, 3.8) is 0 Å². The van der Waals surface area contributed by atoms with E-state index in [0.29, 0.717) is 6.42 Å². The number of benzene rings is 1.